The molecule has 3 aromatic carbocycles. The molecule has 0 saturated heterocycles. The summed E-state index contributed by atoms with van der Waals surface area (Å²) in [6.45, 7) is 3.14. The minimum Gasteiger partial charge on any atom is -0.748 e. The van der Waals surface area contributed by atoms with Crippen molar-refractivity contribution >= 4 is 104 Å². The molecule has 3 heterocycles. The molecular weight excluding hydrogens is 734 g/mol. The number of thiazole rings is 1. The van der Waals surface area contributed by atoms with Gasteiger partial charge in [0.2, 0.25) is 5.52 Å². The first-order valence-corrected chi connectivity index (χ1v) is 20.6. The van der Waals surface area contributed by atoms with Crippen molar-refractivity contribution in [2.45, 2.75) is 26.3 Å². The quantitative estimate of drug-likeness (QED) is 0.0949. The molecule has 48 heavy (non-hydrogen) atoms. The summed E-state index contributed by atoms with van der Waals surface area (Å²) in [5.74, 6) is -0.217. The summed E-state index contributed by atoms with van der Waals surface area (Å²) in [7, 11) is -8.76. The van der Waals surface area contributed by atoms with Crippen LogP contribution < -0.4 is 14.4 Å². The van der Waals surface area contributed by atoms with Gasteiger partial charge in [0.25, 0.3) is 5.01 Å². The highest BCUT2D eigenvalue weighted by Crippen LogP contribution is 2.45. The molecule has 0 fully saturated rings. The number of benzene rings is 3. The molecule has 0 amide bonds. The number of fused-ring (bicyclic) bond motifs is 3. The lowest BCUT2D eigenvalue weighted by atomic mass is 10.1. The standard InChI is InChI=1S/C33H31Cl2N3O6S4/c1-2-36-26-20-24(34)25(35)21-27(26)37(14-6-16-47(39,40)41)32(36)10-5-11-33-38(15-7-17-48(42,43)44)28-18-23(12-13-30(28)46-33)31-19-22-8-3-4-9-29(22)45-31/h3-5,8-13,18-21H,2,6-7,14-17H2,1H3,(H-,39,40,41,42,43,44)/p-1. The Balaban J connectivity index is 1.38. The normalized spacial score (nSPS) is 14.7. The zero-order chi connectivity index (χ0) is 34.2. The fourth-order valence-electron chi connectivity index (χ4n) is 5.85. The number of aromatic nitrogens is 1. The molecule has 6 rings (SSSR count). The van der Waals surface area contributed by atoms with Crippen LogP contribution >= 0.6 is 45.9 Å². The molecule has 0 bridgehead atoms. The van der Waals surface area contributed by atoms with Gasteiger partial charge in [-0.2, -0.15) is 4.57 Å². The fraction of sp³-hybridized carbons (Fsp3) is 0.242. The van der Waals surface area contributed by atoms with Crippen molar-refractivity contribution in [1.29, 1.82) is 0 Å². The van der Waals surface area contributed by atoms with E-state index >= 15 is 0 Å². The summed E-state index contributed by atoms with van der Waals surface area (Å²) in [6, 6.07) is 20.1. The second-order valence-electron chi connectivity index (χ2n) is 11.2. The van der Waals surface area contributed by atoms with Gasteiger partial charge in [0.1, 0.15) is 10.5 Å². The van der Waals surface area contributed by atoms with Crippen LogP contribution in [0.4, 0.5) is 11.4 Å². The van der Waals surface area contributed by atoms with Crippen LogP contribution in [-0.2, 0) is 26.8 Å². The SMILES string of the molecule is CCN1/C(=C\C=C\c2sc3ccc(-c4cc5ccccc5s4)cc3[n+]2CCCS(=O)(=O)[O-])N(CCCS(=O)(=O)[O-])c2cc(Cl)c(Cl)cc21. The third kappa shape index (κ3) is 7.74. The first kappa shape index (κ1) is 34.8. The Morgan fingerprint density at radius 3 is 2.21 bits per heavy atom. The van der Waals surface area contributed by atoms with Crippen LogP contribution in [0.5, 0.6) is 0 Å². The largest absolute Gasteiger partial charge is 0.748 e. The van der Waals surface area contributed by atoms with Gasteiger partial charge >= 0.3 is 0 Å². The van der Waals surface area contributed by atoms with Crippen LogP contribution in [0.2, 0.25) is 10.0 Å². The van der Waals surface area contributed by atoms with Gasteiger partial charge in [-0.3, -0.25) is 0 Å². The molecule has 0 N–H and O–H groups in total. The van der Waals surface area contributed by atoms with Gasteiger partial charge in [-0.25, -0.2) is 16.8 Å². The average molecular weight is 764 g/mol. The molecular formula is C33H30Cl2N3O6S4-. The van der Waals surface area contributed by atoms with Crippen molar-refractivity contribution in [1.82, 2.24) is 0 Å². The van der Waals surface area contributed by atoms with Crippen LogP contribution in [0.3, 0.4) is 0 Å². The molecule has 5 aromatic rings. The zero-order valence-corrected chi connectivity index (χ0v) is 30.4. The van der Waals surface area contributed by atoms with Gasteiger partial charge in [0.15, 0.2) is 6.54 Å². The predicted octanol–water partition coefficient (Wildman–Crippen LogP) is 7.45. The van der Waals surface area contributed by atoms with Crippen molar-refractivity contribution in [3.63, 3.8) is 0 Å². The van der Waals surface area contributed by atoms with E-state index in [-0.39, 0.29) is 19.4 Å². The molecule has 2 aromatic heterocycles. The number of allylic oxidation sites excluding steroid dienone is 2. The first-order valence-electron chi connectivity index (χ1n) is 15.1. The lowest BCUT2D eigenvalue weighted by Crippen LogP contribution is -2.36. The third-order valence-electron chi connectivity index (χ3n) is 7.94. The number of aryl methyl sites for hydroxylation is 1. The Morgan fingerprint density at radius 2 is 1.52 bits per heavy atom. The van der Waals surface area contributed by atoms with Gasteiger partial charge in [-0.05, 0) is 60.7 Å². The Labute approximate surface area is 297 Å². The van der Waals surface area contributed by atoms with Crippen molar-refractivity contribution in [2.75, 3.05) is 34.4 Å². The maximum absolute atomic E-state index is 11.4. The molecule has 9 nitrogen and oxygen atoms in total. The summed E-state index contributed by atoms with van der Waals surface area (Å²) < 4.78 is 72.6. The van der Waals surface area contributed by atoms with E-state index in [9.17, 15) is 25.9 Å². The summed E-state index contributed by atoms with van der Waals surface area (Å²) in [4.78, 5) is 5.07. The van der Waals surface area contributed by atoms with Gasteiger partial charge in [-0.15, -0.1) is 11.3 Å². The Morgan fingerprint density at radius 1 is 0.833 bits per heavy atom. The van der Waals surface area contributed by atoms with Crippen molar-refractivity contribution in [3.05, 3.63) is 93.7 Å². The molecule has 0 spiro atoms. The lowest BCUT2D eigenvalue weighted by molar-refractivity contribution is -0.668. The van der Waals surface area contributed by atoms with Gasteiger partial charge < -0.3 is 18.9 Å². The Hall–Kier alpha value is -3.01. The molecule has 0 saturated carbocycles. The van der Waals surface area contributed by atoms with E-state index in [1.165, 1.54) is 4.70 Å². The molecule has 0 unspecified atom stereocenters. The molecule has 1 aliphatic heterocycles. The van der Waals surface area contributed by atoms with E-state index < -0.39 is 31.7 Å². The molecule has 0 atom stereocenters. The smallest absolute Gasteiger partial charge is 0.262 e. The van der Waals surface area contributed by atoms with Crippen molar-refractivity contribution in [2.24, 2.45) is 0 Å². The summed E-state index contributed by atoms with van der Waals surface area (Å²) in [5.41, 5.74) is 3.53. The number of halogens is 2. The highest BCUT2D eigenvalue weighted by atomic mass is 35.5. The topological polar surface area (TPSA) is 125 Å². The summed E-state index contributed by atoms with van der Waals surface area (Å²) >= 11 is 16.0. The Kier molecular flexibility index (Phi) is 10.2. The highest BCUT2D eigenvalue weighted by molar-refractivity contribution is 7.85. The molecule has 1 aliphatic rings. The molecule has 252 valence electrons. The van der Waals surface area contributed by atoms with E-state index in [1.54, 1.807) is 34.8 Å². The molecule has 15 heteroatoms. The van der Waals surface area contributed by atoms with Gasteiger partial charge in [0, 0.05) is 52.7 Å². The number of hydrogen-bond acceptors (Lipinski definition) is 10. The number of anilines is 2. The minimum atomic E-state index is -4.39. The number of nitrogens with zero attached hydrogens (tertiary/aromatic N) is 3. The van der Waals surface area contributed by atoms with Crippen LogP contribution in [0, 0.1) is 0 Å². The van der Waals surface area contributed by atoms with Crippen LogP contribution in [0.15, 0.2) is 78.6 Å². The molecule has 0 radical (unpaired) electrons. The van der Waals surface area contributed by atoms with Crippen molar-refractivity contribution < 1.29 is 30.5 Å². The van der Waals surface area contributed by atoms with Gasteiger partial charge in [-0.1, -0.05) is 64.9 Å². The molecule has 0 aliphatic carbocycles. The van der Waals surface area contributed by atoms with Crippen LogP contribution in [0.25, 0.3) is 36.8 Å². The summed E-state index contributed by atoms with van der Waals surface area (Å²) in [5, 5.41) is 2.75. The fourth-order valence-corrected chi connectivity index (χ4v) is 9.27. The summed E-state index contributed by atoms with van der Waals surface area (Å²) in [6.07, 6.45) is 5.98. The van der Waals surface area contributed by atoms with E-state index in [0.29, 0.717) is 23.1 Å². The second kappa shape index (κ2) is 14.1. The van der Waals surface area contributed by atoms with Gasteiger partial charge in [0.05, 0.1) is 41.7 Å². The maximum atomic E-state index is 11.4. The van der Waals surface area contributed by atoms with E-state index in [2.05, 4.69) is 36.4 Å². The van der Waals surface area contributed by atoms with E-state index in [1.807, 2.05) is 51.7 Å². The van der Waals surface area contributed by atoms with E-state index in [4.69, 9.17) is 23.2 Å². The zero-order valence-electron chi connectivity index (χ0n) is 25.6. The average Bonchev–Trinajstić information content (AvgIpc) is 3.68. The lowest BCUT2D eigenvalue weighted by Gasteiger charge is -2.24. The first-order chi connectivity index (χ1) is 22.8. The second-order valence-corrected chi connectivity index (χ2v) is 17.2. The minimum absolute atomic E-state index is 0.116. The van der Waals surface area contributed by atoms with Crippen molar-refractivity contribution in [3.8, 4) is 10.4 Å². The number of rotatable bonds is 12. The monoisotopic (exact) mass is 762 g/mol. The predicted molar refractivity (Wildman–Crippen MR) is 195 cm³/mol. The highest BCUT2D eigenvalue weighted by Gasteiger charge is 2.31. The number of hydrogen-bond donors (Lipinski definition) is 0. The van der Waals surface area contributed by atoms with Crippen LogP contribution in [0.1, 0.15) is 24.8 Å². The third-order valence-corrected chi connectivity index (χ3v) is 12.5. The maximum Gasteiger partial charge on any atom is 0.262 e. The van der Waals surface area contributed by atoms with E-state index in [0.717, 1.165) is 48.2 Å². The number of thiophene rings is 1. The van der Waals surface area contributed by atoms with Crippen LogP contribution in [-0.4, -0.2) is 50.5 Å². The Bertz CT molecular complexity index is 2270.